The summed E-state index contributed by atoms with van der Waals surface area (Å²) in [5, 5.41) is 7.19. The number of benzene rings is 2. The summed E-state index contributed by atoms with van der Waals surface area (Å²) in [5.74, 6) is -2.27. The van der Waals surface area contributed by atoms with Crippen molar-refractivity contribution in [3.05, 3.63) is 58.7 Å². The predicted molar refractivity (Wildman–Crippen MR) is 149 cm³/mol. The van der Waals surface area contributed by atoms with Gasteiger partial charge >= 0.3 is 0 Å². The van der Waals surface area contributed by atoms with E-state index in [1.165, 1.54) is 17.0 Å². The van der Waals surface area contributed by atoms with Gasteiger partial charge in [-0.05, 0) is 49.1 Å². The van der Waals surface area contributed by atoms with E-state index in [2.05, 4.69) is 20.3 Å². The van der Waals surface area contributed by atoms with Crippen molar-refractivity contribution in [1.29, 1.82) is 0 Å². The fourth-order valence-corrected chi connectivity index (χ4v) is 6.82. The normalized spacial score (nSPS) is 22.0. The highest BCUT2D eigenvalue weighted by Gasteiger charge is 2.41. The summed E-state index contributed by atoms with van der Waals surface area (Å²) in [7, 11) is 0. The molecule has 1 unspecified atom stereocenters. The number of hydrogen-bond donors (Lipinski definition) is 1. The first-order valence-electron chi connectivity index (χ1n) is 14.6. The molecule has 43 heavy (non-hydrogen) atoms. The van der Waals surface area contributed by atoms with Crippen LogP contribution in [0.3, 0.4) is 0 Å². The number of piperidine rings is 2. The number of halogens is 2. The van der Waals surface area contributed by atoms with Gasteiger partial charge in [-0.25, -0.2) is 8.78 Å². The van der Waals surface area contributed by atoms with Gasteiger partial charge in [-0.1, -0.05) is 5.16 Å². The molecule has 1 aromatic heterocycles. The Morgan fingerprint density at radius 3 is 2.47 bits per heavy atom. The average Bonchev–Trinajstić information content (AvgIpc) is 3.57. The second-order valence-electron chi connectivity index (χ2n) is 11.6. The molecule has 4 amide bonds. The van der Waals surface area contributed by atoms with Gasteiger partial charge in [0.25, 0.3) is 11.8 Å². The van der Waals surface area contributed by atoms with Crippen molar-refractivity contribution in [1.82, 2.24) is 25.2 Å². The molecular weight excluding hydrogens is 562 g/mol. The van der Waals surface area contributed by atoms with Crippen LogP contribution in [0, 0.1) is 11.6 Å². The number of likely N-dealkylation sites (tertiary alicyclic amines) is 1. The number of nitrogens with zero attached hydrogens (tertiary/aromatic N) is 5. The lowest BCUT2D eigenvalue weighted by Crippen LogP contribution is -2.54. The van der Waals surface area contributed by atoms with Gasteiger partial charge in [0.15, 0.2) is 11.4 Å². The molecule has 7 rings (SSSR count). The Morgan fingerprint density at radius 2 is 1.72 bits per heavy atom. The number of nitrogens with one attached hydrogen (secondary N) is 1. The Kier molecular flexibility index (Phi) is 6.83. The van der Waals surface area contributed by atoms with Gasteiger partial charge in [-0.2, -0.15) is 0 Å². The van der Waals surface area contributed by atoms with E-state index < -0.39 is 29.6 Å². The number of carbonyl (C=O) groups excluding carboxylic acids is 4. The third kappa shape index (κ3) is 4.90. The largest absolute Gasteiger partial charge is 0.354 e. The number of aromatic nitrogens is 1. The van der Waals surface area contributed by atoms with Crippen LogP contribution in [0.1, 0.15) is 52.0 Å². The van der Waals surface area contributed by atoms with E-state index in [1.54, 1.807) is 17.0 Å². The first kappa shape index (κ1) is 27.4. The number of imide groups is 1. The molecule has 4 aliphatic heterocycles. The minimum absolute atomic E-state index is 0.00750. The zero-order chi connectivity index (χ0) is 29.8. The molecule has 5 heterocycles. The van der Waals surface area contributed by atoms with Crippen LogP contribution in [0.2, 0.25) is 0 Å². The Hall–Kier alpha value is -4.39. The van der Waals surface area contributed by atoms with Gasteiger partial charge in [0.05, 0.1) is 10.9 Å². The molecule has 0 saturated carbocycles. The van der Waals surface area contributed by atoms with Crippen LogP contribution in [0.5, 0.6) is 0 Å². The van der Waals surface area contributed by atoms with E-state index in [-0.39, 0.29) is 42.2 Å². The minimum atomic E-state index is -0.850. The number of rotatable bonds is 4. The van der Waals surface area contributed by atoms with Crippen molar-refractivity contribution in [3.63, 3.8) is 0 Å². The Bertz CT molecular complexity index is 1640. The van der Waals surface area contributed by atoms with E-state index >= 15 is 4.39 Å². The van der Waals surface area contributed by atoms with Gasteiger partial charge < -0.3 is 19.2 Å². The highest BCUT2D eigenvalue weighted by molar-refractivity contribution is 6.06. The lowest BCUT2D eigenvalue weighted by molar-refractivity contribution is -0.136. The van der Waals surface area contributed by atoms with E-state index in [1.807, 2.05) is 0 Å². The zero-order valence-corrected chi connectivity index (χ0v) is 23.4. The fourth-order valence-electron chi connectivity index (χ4n) is 6.82. The number of anilines is 1. The topological polar surface area (TPSA) is 119 Å². The van der Waals surface area contributed by atoms with Crippen LogP contribution in [-0.4, -0.2) is 94.8 Å². The second kappa shape index (κ2) is 10.7. The third-order valence-corrected chi connectivity index (χ3v) is 9.12. The summed E-state index contributed by atoms with van der Waals surface area (Å²) < 4.78 is 34.0. The molecule has 2 aromatic carbocycles. The molecule has 11 nitrogen and oxygen atoms in total. The van der Waals surface area contributed by atoms with E-state index in [4.69, 9.17) is 4.52 Å². The molecule has 1 N–H and O–H groups in total. The predicted octanol–water partition coefficient (Wildman–Crippen LogP) is 2.29. The maximum Gasteiger partial charge on any atom is 0.258 e. The molecule has 3 fully saturated rings. The molecular formula is C30H30F2N6O5. The van der Waals surface area contributed by atoms with E-state index in [9.17, 15) is 23.6 Å². The minimum Gasteiger partial charge on any atom is -0.354 e. The maximum absolute atomic E-state index is 15.2. The van der Waals surface area contributed by atoms with Crippen LogP contribution in [0.15, 0.2) is 34.9 Å². The van der Waals surface area contributed by atoms with Crippen LogP contribution in [0.25, 0.3) is 11.0 Å². The SMILES string of the molecule is O=C1CCC(N2Cc3cc(C(=O)N4CCC(N5CCN(c6noc7cc(F)ccc67)CC5)CC4)cc(F)c3C2=O)C(=O)N1. The van der Waals surface area contributed by atoms with Gasteiger partial charge in [0.2, 0.25) is 11.8 Å². The summed E-state index contributed by atoms with van der Waals surface area (Å²) in [6, 6.07) is 6.56. The second-order valence-corrected chi connectivity index (χ2v) is 11.6. The molecule has 3 aromatic rings. The number of fused-ring (bicyclic) bond motifs is 2. The summed E-state index contributed by atoms with van der Waals surface area (Å²) >= 11 is 0. The molecule has 0 aliphatic carbocycles. The van der Waals surface area contributed by atoms with Crippen LogP contribution in [0.4, 0.5) is 14.6 Å². The van der Waals surface area contributed by atoms with Crippen LogP contribution >= 0.6 is 0 Å². The van der Waals surface area contributed by atoms with Crippen molar-refractivity contribution >= 4 is 40.4 Å². The first-order valence-corrected chi connectivity index (χ1v) is 14.6. The van der Waals surface area contributed by atoms with Gasteiger partial charge in [-0.3, -0.25) is 29.4 Å². The molecule has 0 spiro atoms. The fraction of sp³-hybridized carbons (Fsp3) is 0.433. The van der Waals surface area contributed by atoms with Gasteiger partial charge in [-0.15, -0.1) is 0 Å². The lowest BCUT2D eigenvalue weighted by Gasteiger charge is -2.42. The first-order chi connectivity index (χ1) is 20.8. The van der Waals surface area contributed by atoms with Crippen molar-refractivity contribution in [3.8, 4) is 0 Å². The quantitative estimate of drug-likeness (QED) is 0.459. The number of piperazine rings is 1. The molecule has 1 atom stereocenters. The summed E-state index contributed by atoms with van der Waals surface area (Å²) in [6.07, 6.45) is 1.86. The maximum atomic E-state index is 15.2. The highest BCUT2D eigenvalue weighted by Crippen LogP contribution is 2.32. The Labute approximate surface area is 245 Å². The standard InChI is InChI=1S/C30H30F2N6O5/c31-19-1-2-21-24(15-19)43-34-27(21)36-11-9-35(10-12-36)20-5-7-37(8-6-20)29(41)17-13-18-16-38(30(42)26(18)22(32)14-17)23-3-4-25(39)33-28(23)40/h1-2,13-15,20,23H,3-12,16H2,(H,33,39,40). The van der Waals surface area contributed by atoms with Gasteiger partial charge in [0.1, 0.15) is 17.7 Å². The number of hydrogen-bond acceptors (Lipinski definition) is 8. The molecule has 4 aliphatic rings. The van der Waals surface area contributed by atoms with Crippen LogP contribution < -0.4 is 10.2 Å². The average molecular weight is 593 g/mol. The number of amides is 4. The summed E-state index contributed by atoms with van der Waals surface area (Å²) in [5.41, 5.74) is 0.859. The van der Waals surface area contributed by atoms with Crippen LogP contribution in [-0.2, 0) is 16.1 Å². The summed E-state index contributed by atoms with van der Waals surface area (Å²) in [6.45, 7) is 4.21. The third-order valence-electron chi connectivity index (χ3n) is 9.12. The lowest BCUT2D eigenvalue weighted by atomic mass is 10.00. The zero-order valence-electron chi connectivity index (χ0n) is 23.4. The summed E-state index contributed by atoms with van der Waals surface area (Å²) in [4.78, 5) is 57.8. The van der Waals surface area contributed by atoms with Crippen molar-refractivity contribution < 1.29 is 32.5 Å². The monoisotopic (exact) mass is 592 g/mol. The van der Waals surface area contributed by atoms with Gasteiger partial charge in [0, 0.05) is 69.9 Å². The van der Waals surface area contributed by atoms with Crippen molar-refractivity contribution in [2.75, 3.05) is 44.2 Å². The Balaban J connectivity index is 0.958. The molecule has 0 bridgehead atoms. The van der Waals surface area contributed by atoms with Crippen molar-refractivity contribution in [2.45, 2.75) is 44.3 Å². The molecule has 3 saturated heterocycles. The van der Waals surface area contributed by atoms with Crippen molar-refractivity contribution in [2.24, 2.45) is 0 Å². The van der Waals surface area contributed by atoms with E-state index in [0.717, 1.165) is 56.3 Å². The molecule has 0 radical (unpaired) electrons. The molecule has 13 heteroatoms. The Morgan fingerprint density at radius 1 is 0.953 bits per heavy atom. The molecule has 224 valence electrons. The number of carbonyl (C=O) groups is 4. The highest BCUT2D eigenvalue weighted by atomic mass is 19.1. The van der Waals surface area contributed by atoms with E-state index in [0.29, 0.717) is 30.3 Å². The smallest absolute Gasteiger partial charge is 0.258 e.